The number of nitrogens with one attached hydrogen (secondary N) is 2. The molecule has 4 rings (SSSR count). The smallest absolute Gasteiger partial charge is 0.263 e. The second-order valence-corrected chi connectivity index (χ2v) is 10.4. The van der Waals surface area contributed by atoms with E-state index < -0.39 is 5.91 Å². The second kappa shape index (κ2) is 10.7. The van der Waals surface area contributed by atoms with Crippen molar-refractivity contribution in [2.24, 2.45) is 11.7 Å². The zero-order chi connectivity index (χ0) is 24.2. The molecule has 0 radical (unpaired) electrons. The van der Waals surface area contributed by atoms with Gasteiger partial charge in [-0.05, 0) is 44.6 Å². The van der Waals surface area contributed by atoms with Gasteiger partial charge in [0.15, 0.2) is 5.13 Å². The number of thiazole rings is 1. The third-order valence-electron chi connectivity index (χ3n) is 6.11. The average molecular weight is 488 g/mol. The molecule has 0 aromatic carbocycles. The van der Waals surface area contributed by atoms with E-state index in [0.717, 1.165) is 54.3 Å². The molecule has 10 heteroatoms. The number of anilines is 1. The molecule has 1 aliphatic carbocycles. The molecule has 1 saturated carbocycles. The number of nitrogens with zero attached hydrogens (tertiary/aromatic N) is 2. The van der Waals surface area contributed by atoms with Gasteiger partial charge < -0.3 is 25.8 Å². The second-order valence-electron chi connectivity index (χ2n) is 9.39. The summed E-state index contributed by atoms with van der Waals surface area (Å²) in [5.74, 6) is 0.177. The molecule has 0 atom stereocenters. The fourth-order valence-corrected chi connectivity index (χ4v) is 5.12. The molecule has 34 heavy (non-hydrogen) atoms. The Hall–Kier alpha value is -2.72. The lowest BCUT2D eigenvalue weighted by molar-refractivity contribution is 0.0878. The zero-order valence-electron chi connectivity index (χ0n) is 20.0. The minimum absolute atomic E-state index is 0.0742. The number of amides is 2. The molecule has 2 aromatic heterocycles. The van der Waals surface area contributed by atoms with Gasteiger partial charge in [0.25, 0.3) is 11.8 Å². The number of ether oxygens (including phenoxy) is 2. The largest absolute Gasteiger partial charge is 0.474 e. The Bertz CT molecular complexity index is 1050. The minimum atomic E-state index is -0.556. The van der Waals surface area contributed by atoms with E-state index in [4.69, 9.17) is 15.2 Å². The third kappa shape index (κ3) is 5.85. The standard InChI is InChI=1S/C24H33N5O4S/c1-13(2)11-26-24-27-14(3)20(34-24)22(31)28-16-4-6-17(7-5-16)33-23-18(21(25)30)10-15-12-32-9-8-19(15)29-23/h10,13,16-17H,4-9,11-12H2,1-3H3,(H2,25,30)(H,26,27)(H,28,31). The third-order valence-corrected chi connectivity index (χ3v) is 7.23. The first kappa shape index (κ1) is 24.4. The van der Waals surface area contributed by atoms with Crippen molar-refractivity contribution >= 4 is 28.3 Å². The summed E-state index contributed by atoms with van der Waals surface area (Å²) in [6.07, 6.45) is 3.71. The van der Waals surface area contributed by atoms with Gasteiger partial charge in [-0.15, -0.1) is 0 Å². The Labute approximate surface area is 203 Å². The van der Waals surface area contributed by atoms with E-state index in [0.29, 0.717) is 41.9 Å². The predicted octanol–water partition coefficient (Wildman–Crippen LogP) is 3.21. The van der Waals surface area contributed by atoms with Crippen LogP contribution in [-0.4, -0.2) is 47.1 Å². The lowest BCUT2D eigenvalue weighted by Gasteiger charge is -2.30. The zero-order valence-corrected chi connectivity index (χ0v) is 20.8. The number of fused-ring (bicyclic) bond motifs is 1. The minimum Gasteiger partial charge on any atom is -0.474 e. The lowest BCUT2D eigenvalue weighted by atomic mass is 9.93. The highest BCUT2D eigenvalue weighted by atomic mass is 32.1. The Morgan fingerprint density at radius 2 is 2.03 bits per heavy atom. The van der Waals surface area contributed by atoms with Gasteiger partial charge in [0.1, 0.15) is 16.5 Å². The van der Waals surface area contributed by atoms with Crippen LogP contribution in [0.25, 0.3) is 0 Å². The van der Waals surface area contributed by atoms with Crippen molar-refractivity contribution in [2.45, 2.75) is 71.6 Å². The molecule has 9 nitrogen and oxygen atoms in total. The maximum atomic E-state index is 12.8. The van der Waals surface area contributed by atoms with E-state index in [1.54, 1.807) is 6.07 Å². The molecule has 0 spiro atoms. The SMILES string of the molecule is Cc1nc(NCC(C)C)sc1C(=O)NC1CCC(Oc2nc3c(cc2C(N)=O)COCC3)CC1. The number of pyridine rings is 1. The Morgan fingerprint density at radius 3 is 2.74 bits per heavy atom. The van der Waals surface area contributed by atoms with Gasteiger partial charge in [0, 0.05) is 24.6 Å². The van der Waals surface area contributed by atoms with Crippen LogP contribution in [0.4, 0.5) is 5.13 Å². The van der Waals surface area contributed by atoms with Crippen LogP contribution in [-0.2, 0) is 17.8 Å². The van der Waals surface area contributed by atoms with Crippen LogP contribution in [0, 0.1) is 12.8 Å². The Balaban J connectivity index is 1.33. The predicted molar refractivity (Wildman–Crippen MR) is 130 cm³/mol. The average Bonchev–Trinajstić information content (AvgIpc) is 3.19. The number of carbonyl (C=O) groups is 2. The van der Waals surface area contributed by atoms with Crippen molar-refractivity contribution in [1.82, 2.24) is 15.3 Å². The van der Waals surface area contributed by atoms with Gasteiger partial charge in [-0.1, -0.05) is 25.2 Å². The van der Waals surface area contributed by atoms with Crippen molar-refractivity contribution in [3.63, 3.8) is 0 Å². The van der Waals surface area contributed by atoms with Gasteiger partial charge in [-0.25, -0.2) is 9.97 Å². The number of aromatic nitrogens is 2. The Kier molecular flexibility index (Phi) is 7.67. The summed E-state index contributed by atoms with van der Waals surface area (Å²) in [6.45, 7) is 7.99. The van der Waals surface area contributed by atoms with Crippen LogP contribution in [0.15, 0.2) is 6.07 Å². The van der Waals surface area contributed by atoms with Crippen LogP contribution < -0.4 is 21.1 Å². The van der Waals surface area contributed by atoms with E-state index in [2.05, 4.69) is 34.4 Å². The number of hydrogen-bond donors (Lipinski definition) is 3. The molecule has 2 aliphatic rings. The van der Waals surface area contributed by atoms with Crippen molar-refractivity contribution < 1.29 is 19.1 Å². The maximum Gasteiger partial charge on any atom is 0.263 e. The fourth-order valence-electron chi connectivity index (χ4n) is 4.24. The molecular formula is C24H33N5O4S. The molecule has 1 aliphatic heterocycles. The summed E-state index contributed by atoms with van der Waals surface area (Å²) >= 11 is 1.40. The quantitative estimate of drug-likeness (QED) is 0.521. The highest BCUT2D eigenvalue weighted by Crippen LogP contribution is 2.29. The van der Waals surface area contributed by atoms with Gasteiger partial charge in [0.2, 0.25) is 5.88 Å². The molecule has 2 aromatic rings. The normalized spacial score (nSPS) is 20.0. The maximum absolute atomic E-state index is 12.8. The monoisotopic (exact) mass is 487 g/mol. The number of hydrogen-bond acceptors (Lipinski definition) is 8. The number of primary amides is 1. The van der Waals surface area contributed by atoms with Crippen LogP contribution in [0.1, 0.15) is 76.5 Å². The van der Waals surface area contributed by atoms with Gasteiger partial charge in [-0.3, -0.25) is 9.59 Å². The van der Waals surface area contributed by atoms with Gasteiger partial charge >= 0.3 is 0 Å². The molecule has 0 unspecified atom stereocenters. The summed E-state index contributed by atoms with van der Waals surface area (Å²) in [7, 11) is 0. The summed E-state index contributed by atoms with van der Waals surface area (Å²) in [6, 6.07) is 1.82. The molecule has 0 saturated heterocycles. The van der Waals surface area contributed by atoms with Crippen molar-refractivity contribution in [3.05, 3.63) is 33.5 Å². The van der Waals surface area contributed by atoms with Crippen molar-refractivity contribution in [3.8, 4) is 5.88 Å². The molecular weight excluding hydrogens is 454 g/mol. The molecule has 2 amide bonds. The first-order valence-corrected chi connectivity index (χ1v) is 12.7. The van der Waals surface area contributed by atoms with E-state index in [9.17, 15) is 9.59 Å². The van der Waals surface area contributed by atoms with E-state index in [-0.39, 0.29) is 18.1 Å². The van der Waals surface area contributed by atoms with Crippen LogP contribution in [0.5, 0.6) is 5.88 Å². The molecule has 4 N–H and O–H groups in total. The first-order chi connectivity index (χ1) is 16.3. The lowest BCUT2D eigenvalue weighted by Crippen LogP contribution is -2.39. The van der Waals surface area contributed by atoms with Crippen LogP contribution in [0.3, 0.4) is 0 Å². The number of carbonyl (C=O) groups excluding carboxylic acids is 2. The summed E-state index contributed by atoms with van der Waals surface area (Å²) in [5.41, 5.74) is 8.40. The topological polar surface area (TPSA) is 128 Å². The number of aryl methyl sites for hydroxylation is 1. The van der Waals surface area contributed by atoms with E-state index >= 15 is 0 Å². The Morgan fingerprint density at radius 1 is 1.26 bits per heavy atom. The summed E-state index contributed by atoms with van der Waals surface area (Å²) in [4.78, 5) is 34.5. The van der Waals surface area contributed by atoms with E-state index in [1.165, 1.54) is 11.3 Å². The number of rotatable bonds is 8. The highest BCUT2D eigenvalue weighted by molar-refractivity contribution is 7.17. The van der Waals surface area contributed by atoms with Crippen molar-refractivity contribution in [2.75, 3.05) is 18.5 Å². The van der Waals surface area contributed by atoms with Gasteiger partial charge in [0.05, 0.1) is 24.6 Å². The van der Waals surface area contributed by atoms with Gasteiger partial charge in [-0.2, -0.15) is 0 Å². The fraction of sp³-hybridized carbons (Fsp3) is 0.583. The first-order valence-electron chi connectivity index (χ1n) is 11.9. The molecule has 184 valence electrons. The summed E-state index contributed by atoms with van der Waals surface area (Å²) < 4.78 is 11.6. The molecule has 1 fully saturated rings. The highest BCUT2D eigenvalue weighted by Gasteiger charge is 2.28. The van der Waals surface area contributed by atoms with E-state index in [1.807, 2.05) is 6.92 Å². The molecule has 0 bridgehead atoms. The van der Waals surface area contributed by atoms with Crippen LogP contribution >= 0.6 is 11.3 Å². The van der Waals surface area contributed by atoms with Crippen molar-refractivity contribution in [1.29, 1.82) is 0 Å². The molecule has 3 heterocycles. The van der Waals surface area contributed by atoms with Crippen LogP contribution in [0.2, 0.25) is 0 Å². The summed E-state index contributed by atoms with van der Waals surface area (Å²) in [5, 5.41) is 7.22. The number of nitrogens with two attached hydrogens (primary N) is 1.